The molecule has 1 aromatic rings. The van der Waals surface area contributed by atoms with E-state index in [9.17, 15) is 8.42 Å². The van der Waals surface area contributed by atoms with Crippen molar-refractivity contribution in [3.63, 3.8) is 0 Å². The van der Waals surface area contributed by atoms with Crippen molar-refractivity contribution in [2.75, 3.05) is 19.3 Å². The average Bonchev–Trinajstić information content (AvgIpc) is 2.41. The molecule has 0 bridgehead atoms. The smallest absolute Gasteiger partial charge is 0.243 e. The molecule has 4 nitrogen and oxygen atoms in total. The van der Waals surface area contributed by atoms with Crippen molar-refractivity contribution in [3.8, 4) is 0 Å². The van der Waals surface area contributed by atoms with Crippen LogP contribution in [0.3, 0.4) is 0 Å². The molecule has 0 amide bonds. The number of hydrogen-bond acceptors (Lipinski definition) is 4. The fourth-order valence-electron chi connectivity index (χ4n) is 2.22. The van der Waals surface area contributed by atoms with E-state index in [2.05, 4.69) is 5.32 Å². The van der Waals surface area contributed by atoms with Crippen LogP contribution in [0.4, 0.5) is 0 Å². The highest BCUT2D eigenvalue weighted by Crippen LogP contribution is 2.24. The van der Waals surface area contributed by atoms with E-state index in [0.717, 1.165) is 4.90 Å². The molecule has 0 aliphatic carbocycles. The normalized spacial score (nSPS) is 24.1. The predicted molar refractivity (Wildman–Crippen MR) is 86.3 cm³/mol. The first-order valence-electron chi connectivity index (χ1n) is 6.34. The van der Waals surface area contributed by atoms with Gasteiger partial charge in [-0.15, -0.1) is 24.2 Å². The van der Waals surface area contributed by atoms with Crippen molar-refractivity contribution in [1.29, 1.82) is 0 Å². The lowest BCUT2D eigenvalue weighted by Crippen LogP contribution is -2.56. The second-order valence-corrected chi connectivity index (χ2v) is 7.68. The number of halogens is 1. The molecule has 1 saturated heterocycles. The van der Waals surface area contributed by atoms with Gasteiger partial charge in [0.2, 0.25) is 10.0 Å². The Kier molecular flexibility index (Phi) is 6.34. The molecule has 0 saturated carbocycles. The first-order chi connectivity index (χ1) is 8.95. The van der Waals surface area contributed by atoms with Gasteiger partial charge >= 0.3 is 0 Å². The van der Waals surface area contributed by atoms with Crippen LogP contribution >= 0.6 is 24.2 Å². The third kappa shape index (κ3) is 3.68. The van der Waals surface area contributed by atoms with Crippen LogP contribution in [-0.4, -0.2) is 44.2 Å². The molecule has 1 N–H and O–H groups in total. The molecule has 0 radical (unpaired) electrons. The van der Waals surface area contributed by atoms with Gasteiger partial charge in [-0.1, -0.05) is 6.07 Å². The van der Waals surface area contributed by atoms with Crippen molar-refractivity contribution in [2.45, 2.75) is 35.7 Å². The molecule has 114 valence electrons. The maximum Gasteiger partial charge on any atom is 0.243 e. The summed E-state index contributed by atoms with van der Waals surface area (Å²) in [4.78, 5) is 1.36. The standard InChI is InChI=1S/C13H20N2O2S2.ClH/c1-10-9-15(11(2)8-14-10)19(16,17)13-6-4-5-12(7-13)18-3;/h4-7,10-11,14H,8-9H2,1-3H3;1H. The quantitative estimate of drug-likeness (QED) is 0.860. The Bertz CT molecular complexity index is 551. The molecule has 1 heterocycles. The van der Waals surface area contributed by atoms with Crippen LogP contribution in [0.2, 0.25) is 0 Å². The third-order valence-corrected chi connectivity index (χ3v) is 6.06. The molecule has 0 spiro atoms. The van der Waals surface area contributed by atoms with Crippen molar-refractivity contribution >= 4 is 34.2 Å². The lowest BCUT2D eigenvalue weighted by atomic mass is 10.2. The number of nitrogens with zero attached hydrogens (tertiary/aromatic N) is 1. The lowest BCUT2D eigenvalue weighted by molar-refractivity contribution is 0.244. The van der Waals surface area contributed by atoms with Crippen LogP contribution in [-0.2, 0) is 10.0 Å². The SMILES string of the molecule is CSc1cccc(S(=O)(=O)N2CC(C)NCC2C)c1.Cl. The first kappa shape index (κ1) is 17.8. The van der Waals surface area contributed by atoms with Crippen LogP contribution in [0.5, 0.6) is 0 Å². The largest absolute Gasteiger partial charge is 0.311 e. The monoisotopic (exact) mass is 336 g/mol. The highest BCUT2D eigenvalue weighted by Gasteiger charge is 2.33. The molecule has 1 aliphatic heterocycles. The summed E-state index contributed by atoms with van der Waals surface area (Å²) in [6, 6.07) is 7.32. The number of rotatable bonds is 3. The fourth-order valence-corrected chi connectivity index (χ4v) is 4.52. The molecule has 1 fully saturated rings. The summed E-state index contributed by atoms with van der Waals surface area (Å²) in [7, 11) is -3.40. The van der Waals surface area contributed by atoms with E-state index in [1.54, 1.807) is 34.3 Å². The summed E-state index contributed by atoms with van der Waals surface area (Å²) in [5.41, 5.74) is 0. The Morgan fingerprint density at radius 3 is 2.70 bits per heavy atom. The molecule has 20 heavy (non-hydrogen) atoms. The molecule has 2 unspecified atom stereocenters. The summed E-state index contributed by atoms with van der Waals surface area (Å²) in [5.74, 6) is 0. The van der Waals surface area contributed by atoms with Gasteiger partial charge in [-0.3, -0.25) is 0 Å². The molecule has 2 atom stereocenters. The van der Waals surface area contributed by atoms with E-state index >= 15 is 0 Å². The van der Waals surface area contributed by atoms with Gasteiger partial charge in [-0.05, 0) is 38.3 Å². The van der Waals surface area contributed by atoms with E-state index in [-0.39, 0.29) is 24.5 Å². The van der Waals surface area contributed by atoms with Gasteiger partial charge in [0.1, 0.15) is 0 Å². The zero-order valence-corrected chi connectivity index (χ0v) is 14.3. The molecule has 0 aromatic heterocycles. The molecular weight excluding hydrogens is 316 g/mol. The Balaban J connectivity index is 0.00000200. The van der Waals surface area contributed by atoms with Gasteiger partial charge in [0.25, 0.3) is 0 Å². The molecule has 1 aromatic carbocycles. The minimum atomic E-state index is -3.40. The fraction of sp³-hybridized carbons (Fsp3) is 0.538. The second kappa shape index (κ2) is 7.13. The van der Waals surface area contributed by atoms with Crippen molar-refractivity contribution in [2.24, 2.45) is 0 Å². The number of hydrogen-bond donors (Lipinski definition) is 1. The number of nitrogens with one attached hydrogen (secondary N) is 1. The van der Waals surface area contributed by atoms with Crippen LogP contribution < -0.4 is 5.32 Å². The van der Waals surface area contributed by atoms with E-state index < -0.39 is 10.0 Å². The van der Waals surface area contributed by atoms with Gasteiger partial charge in [-0.2, -0.15) is 4.31 Å². The van der Waals surface area contributed by atoms with E-state index in [0.29, 0.717) is 18.0 Å². The third-order valence-electron chi connectivity index (χ3n) is 3.35. The predicted octanol–water partition coefficient (Wildman–Crippen LogP) is 2.20. The summed E-state index contributed by atoms with van der Waals surface area (Å²) < 4.78 is 27.0. The molecule has 1 aliphatic rings. The average molecular weight is 337 g/mol. The Morgan fingerprint density at radius 2 is 2.05 bits per heavy atom. The maximum atomic E-state index is 12.7. The minimum absolute atomic E-state index is 0. The van der Waals surface area contributed by atoms with Crippen molar-refractivity contribution < 1.29 is 8.42 Å². The van der Waals surface area contributed by atoms with Crippen LogP contribution in [0.15, 0.2) is 34.1 Å². The summed E-state index contributed by atoms with van der Waals surface area (Å²) >= 11 is 1.55. The lowest BCUT2D eigenvalue weighted by Gasteiger charge is -2.36. The Hall–Kier alpha value is -0.270. The number of piperazine rings is 1. The number of thioether (sulfide) groups is 1. The second-order valence-electron chi connectivity index (χ2n) is 4.91. The van der Waals surface area contributed by atoms with Gasteiger partial charge < -0.3 is 5.32 Å². The van der Waals surface area contributed by atoms with Gasteiger partial charge in [0, 0.05) is 30.1 Å². The zero-order chi connectivity index (χ0) is 14.0. The topological polar surface area (TPSA) is 49.4 Å². The van der Waals surface area contributed by atoms with Gasteiger partial charge in [-0.25, -0.2) is 8.42 Å². The first-order valence-corrected chi connectivity index (χ1v) is 9.01. The minimum Gasteiger partial charge on any atom is -0.311 e. The highest BCUT2D eigenvalue weighted by atomic mass is 35.5. The van der Waals surface area contributed by atoms with Crippen molar-refractivity contribution in [3.05, 3.63) is 24.3 Å². The number of sulfonamides is 1. The van der Waals surface area contributed by atoms with E-state index in [4.69, 9.17) is 0 Å². The Labute approximate surface area is 131 Å². The van der Waals surface area contributed by atoms with Crippen LogP contribution in [0.1, 0.15) is 13.8 Å². The maximum absolute atomic E-state index is 12.7. The van der Waals surface area contributed by atoms with Gasteiger partial charge in [0.15, 0.2) is 0 Å². The highest BCUT2D eigenvalue weighted by molar-refractivity contribution is 7.98. The van der Waals surface area contributed by atoms with Crippen LogP contribution in [0.25, 0.3) is 0 Å². The summed E-state index contributed by atoms with van der Waals surface area (Å²) in [5, 5.41) is 3.30. The zero-order valence-electron chi connectivity index (χ0n) is 11.9. The van der Waals surface area contributed by atoms with Gasteiger partial charge in [0.05, 0.1) is 4.90 Å². The van der Waals surface area contributed by atoms with E-state index in [1.807, 2.05) is 26.2 Å². The summed E-state index contributed by atoms with van der Waals surface area (Å²) in [6.07, 6.45) is 1.95. The van der Waals surface area contributed by atoms with Crippen molar-refractivity contribution in [1.82, 2.24) is 9.62 Å². The molecule has 2 rings (SSSR count). The van der Waals surface area contributed by atoms with E-state index in [1.165, 1.54) is 0 Å². The number of benzene rings is 1. The van der Waals surface area contributed by atoms with Crippen LogP contribution in [0, 0.1) is 0 Å². The Morgan fingerprint density at radius 1 is 1.35 bits per heavy atom. The molecular formula is C13H21ClN2O2S2. The summed E-state index contributed by atoms with van der Waals surface area (Å²) in [6.45, 7) is 5.16. The molecule has 7 heteroatoms.